The van der Waals surface area contributed by atoms with E-state index in [-0.39, 0.29) is 11.8 Å². The zero-order valence-electron chi connectivity index (χ0n) is 19.4. The van der Waals surface area contributed by atoms with Crippen LogP contribution in [-0.2, 0) is 16.4 Å². The molecule has 4 nitrogen and oxygen atoms in total. The lowest BCUT2D eigenvalue weighted by molar-refractivity contribution is 0.400. The predicted octanol–water partition coefficient (Wildman–Crippen LogP) is 4.89. The molecule has 0 bridgehead atoms. The molecule has 0 unspecified atom stereocenters. The zero-order chi connectivity index (χ0) is 24.3. The maximum Gasteiger partial charge on any atom is 0.208 e. The van der Waals surface area contributed by atoms with E-state index >= 15 is 0 Å². The van der Waals surface area contributed by atoms with Crippen molar-refractivity contribution in [2.75, 3.05) is 25.9 Å². The molecule has 180 valence electrons. The maximum atomic E-state index is 13.9. The van der Waals surface area contributed by atoms with E-state index in [0.717, 1.165) is 54.1 Å². The Bertz CT molecular complexity index is 1260. The SMILES string of the molecule is Cc1cc(-c2ccccc2CCNS(C)(=O)=O)ccc1[C@H]1CNCC[C@@H]1c1cc(F)cc(F)c1. The Morgan fingerprint density at radius 3 is 2.44 bits per heavy atom. The first-order valence-corrected chi connectivity index (χ1v) is 13.4. The molecule has 2 N–H and O–H groups in total. The predicted molar refractivity (Wildman–Crippen MR) is 132 cm³/mol. The molecular formula is C27H30F2N2O2S. The van der Waals surface area contributed by atoms with Crippen LogP contribution in [-0.4, -0.2) is 34.3 Å². The first-order chi connectivity index (χ1) is 16.2. The van der Waals surface area contributed by atoms with E-state index in [1.165, 1.54) is 17.7 Å². The summed E-state index contributed by atoms with van der Waals surface area (Å²) < 4.78 is 53.2. The standard InChI is InChI=1S/C27H30F2N2O2S/c1-18-13-20(25-6-4-3-5-19(25)9-12-31-34(2,32)33)7-8-24(18)27-17-30-11-10-26(27)21-14-22(28)16-23(29)15-21/h3-8,13-16,26-27,30-31H,9-12,17H2,1-2H3/t26-,27-/m1/s1. The lowest BCUT2D eigenvalue weighted by Crippen LogP contribution is -2.34. The number of benzene rings is 3. The molecule has 2 atom stereocenters. The number of aryl methyl sites for hydroxylation is 1. The van der Waals surface area contributed by atoms with Gasteiger partial charge in [0.1, 0.15) is 11.6 Å². The number of piperidine rings is 1. The third kappa shape index (κ3) is 5.90. The normalized spacial score (nSPS) is 18.7. The summed E-state index contributed by atoms with van der Waals surface area (Å²) in [4.78, 5) is 0. The van der Waals surface area contributed by atoms with Gasteiger partial charge in [-0.05, 0) is 77.7 Å². The third-order valence-corrected chi connectivity index (χ3v) is 7.28. The van der Waals surface area contributed by atoms with Crippen LogP contribution >= 0.6 is 0 Å². The number of nitrogens with one attached hydrogen (secondary N) is 2. The minimum atomic E-state index is -3.23. The molecule has 4 rings (SSSR count). The number of sulfonamides is 1. The van der Waals surface area contributed by atoms with Crippen LogP contribution < -0.4 is 10.0 Å². The van der Waals surface area contributed by atoms with Crippen LogP contribution in [0.25, 0.3) is 11.1 Å². The van der Waals surface area contributed by atoms with Gasteiger partial charge in [-0.3, -0.25) is 0 Å². The van der Waals surface area contributed by atoms with Crippen LogP contribution in [0.2, 0.25) is 0 Å². The summed E-state index contributed by atoms with van der Waals surface area (Å²) in [5.41, 5.74) is 6.19. The van der Waals surface area contributed by atoms with E-state index < -0.39 is 21.7 Å². The van der Waals surface area contributed by atoms with Crippen LogP contribution in [0.3, 0.4) is 0 Å². The molecule has 1 aliphatic rings. The second-order valence-corrected chi connectivity index (χ2v) is 10.9. The summed E-state index contributed by atoms with van der Waals surface area (Å²) >= 11 is 0. The highest BCUT2D eigenvalue weighted by molar-refractivity contribution is 7.88. The Morgan fingerprint density at radius 2 is 1.74 bits per heavy atom. The second-order valence-electron chi connectivity index (χ2n) is 9.05. The largest absolute Gasteiger partial charge is 0.316 e. The van der Waals surface area contributed by atoms with Gasteiger partial charge in [0.25, 0.3) is 0 Å². The molecule has 0 amide bonds. The molecule has 1 heterocycles. The lowest BCUT2D eigenvalue weighted by Gasteiger charge is -2.34. The molecule has 7 heteroatoms. The van der Waals surface area contributed by atoms with Crippen molar-refractivity contribution < 1.29 is 17.2 Å². The van der Waals surface area contributed by atoms with Crippen LogP contribution in [0, 0.1) is 18.6 Å². The van der Waals surface area contributed by atoms with Crippen molar-refractivity contribution in [1.82, 2.24) is 10.0 Å². The van der Waals surface area contributed by atoms with Crippen molar-refractivity contribution in [2.24, 2.45) is 0 Å². The Hall–Kier alpha value is -2.61. The summed E-state index contributed by atoms with van der Waals surface area (Å²) in [7, 11) is -3.23. The lowest BCUT2D eigenvalue weighted by atomic mass is 9.75. The molecular weight excluding hydrogens is 454 g/mol. The second kappa shape index (κ2) is 10.3. The molecule has 0 saturated carbocycles. The first-order valence-electron chi connectivity index (χ1n) is 11.5. The van der Waals surface area contributed by atoms with Crippen molar-refractivity contribution in [3.05, 3.63) is 94.6 Å². The van der Waals surface area contributed by atoms with Gasteiger partial charge in [-0.15, -0.1) is 0 Å². The van der Waals surface area contributed by atoms with Gasteiger partial charge in [-0.1, -0.05) is 42.5 Å². The Labute approximate surface area is 200 Å². The number of halogens is 2. The molecule has 34 heavy (non-hydrogen) atoms. The number of hydrogen-bond acceptors (Lipinski definition) is 3. The van der Waals surface area contributed by atoms with Gasteiger partial charge in [0, 0.05) is 25.1 Å². The molecule has 0 radical (unpaired) electrons. The van der Waals surface area contributed by atoms with Crippen molar-refractivity contribution >= 4 is 10.0 Å². The van der Waals surface area contributed by atoms with Crippen LogP contribution in [0.15, 0.2) is 60.7 Å². The van der Waals surface area contributed by atoms with E-state index in [9.17, 15) is 17.2 Å². The zero-order valence-corrected chi connectivity index (χ0v) is 20.3. The van der Waals surface area contributed by atoms with Gasteiger partial charge in [0.2, 0.25) is 10.0 Å². The van der Waals surface area contributed by atoms with E-state index in [0.29, 0.717) is 18.5 Å². The molecule has 3 aromatic carbocycles. The summed E-state index contributed by atoms with van der Waals surface area (Å²) in [6.45, 7) is 3.97. The fraction of sp³-hybridized carbons (Fsp3) is 0.333. The van der Waals surface area contributed by atoms with Gasteiger partial charge in [-0.2, -0.15) is 0 Å². The molecule has 1 fully saturated rings. The number of rotatable bonds is 7. The maximum absolute atomic E-state index is 13.9. The molecule has 1 saturated heterocycles. The first kappa shape index (κ1) is 24.5. The molecule has 0 spiro atoms. The summed E-state index contributed by atoms with van der Waals surface area (Å²) in [6.07, 6.45) is 2.56. The Morgan fingerprint density at radius 1 is 1.00 bits per heavy atom. The van der Waals surface area contributed by atoms with E-state index in [2.05, 4.69) is 35.2 Å². The summed E-state index contributed by atoms with van der Waals surface area (Å²) in [6, 6.07) is 18.2. The van der Waals surface area contributed by atoms with E-state index in [4.69, 9.17) is 0 Å². The highest BCUT2D eigenvalue weighted by Gasteiger charge is 2.29. The van der Waals surface area contributed by atoms with Crippen LogP contribution in [0.4, 0.5) is 8.78 Å². The topological polar surface area (TPSA) is 58.2 Å². The quantitative estimate of drug-likeness (QED) is 0.502. The highest BCUT2D eigenvalue weighted by Crippen LogP contribution is 2.40. The van der Waals surface area contributed by atoms with Gasteiger partial charge >= 0.3 is 0 Å². The van der Waals surface area contributed by atoms with Crippen molar-refractivity contribution in [3.8, 4) is 11.1 Å². The average molecular weight is 485 g/mol. The molecule has 1 aliphatic heterocycles. The van der Waals surface area contributed by atoms with E-state index in [1.807, 2.05) is 24.3 Å². The van der Waals surface area contributed by atoms with Crippen molar-refractivity contribution in [1.29, 1.82) is 0 Å². The smallest absolute Gasteiger partial charge is 0.208 e. The van der Waals surface area contributed by atoms with Gasteiger partial charge in [-0.25, -0.2) is 21.9 Å². The summed E-state index contributed by atoms with van der Waals surface area (Å²) in [5.74, 6) is -0.939. The average Bonchev–Trinajstić information content (AvgIpc) is 2.78. The third-order valence-electron chi connectivity index (χ3n) is 6.55. The van der Waals surface area contributed by atoms with Crippen LogP contribution in [0.5, 0.6) is 0 Å². The minimum absolute atomic E-state index is 0.0327. The number of hydrogen-bond donors (Lipinski definition) is 2. The van der Waals surface area contributed by atoms with Gasteiger partial charge in [0.15, 0.2) is 0 Å². The molecule has 3 aromatic rings. The van der Waals surface area contributed by atoms with E-state index in [1.54, 1.807) is 0 Å². The Kier molecular flexibility index (Phi) is 7.45. The Balaban J connectivity index is 1.62. The van der Waals surface area contributed by atoms with Gasteiger partial charge < -0.3 is 5.32 Å². The van der Waals surface area contributed by atoms with Crippen LogP contribution in [0.1, 0.15) is 40.5 Å². The van der Waals surface area contributed by atoms with Crippen molar-refractivity contribution in [3.63, 3.8) is 0 Å². The molecule has 0 aromatic heterocycles. The fourth-order valence-corrected chi connectivity index (χ4v) is 5.50. The minimum Gasteiger partial charge on any atom is -0.316 e. The highest BCUT2D eigenvalue weighted by atomic mass is 32.2. The van der Waals surface area contributed by atoms with Crippen molar-refractivity contribution in [2.45, 2.75) is 31.6 Å². The van der Waals surface area contributed by atoms with Gasteiger partial charge in [0.05, 0.1) is 6.26 Å². The molecule has 0 aliphatic carbocycles. The monoisotopic (exact) mass is 484 g/mol. The fourth-order valence-electron chi connectivity index (χ4n) is 5.02. The summed E-state index contributed by atoms with van der Waals surface area (Å²) in [5, 5.41) is 3.44.